The van der Waals surface area contributed by atoms with E-state index >= 15 is 0 Å². The maximum Gasteiger partial charge on any atom is 0.321 e. The maximum absolute atomic E-state index is 11.9. The molecule has 6 nitrogen and oxygen atoms in total. The maximum atomic E-state index is 11.9. The minimum Gasteiger partial charge on any atom is -0.337 e. The SMILES string of the molecule is O=C(NCCc1ccccn1)Nc1nnc(C2CCCCC2)s1. The van der Waals surface area contributed by atoms with Gasteiger partial charge in [-0.25, -0.2) is 4.79 Å². The number of carbonyl (C=O) groups is 1. The Morgan fingerprint density at radius 2 is 2.09 bits per heavy atom. The first-order valence-corrected chi connectivity index (χ1v) is 8.91. The number of nitrogens with zero attached hydrogens (tertiary/aromatic N) is 3. The summed E-state index contributed by atoms with van der Waals surface area (Å²) in [7, 11) is 0. The lowest BCUT2D eigenvalue weighted by atomic mass is 9.90. The van der Waals surface area contributed by atoms with E-state index in [2.05, 4.69) is 25.8 Å². The number of urea groups is 1. The van der Waals surface area contributed by atoms with Crippen molar-refractivity contribution in [2.75, 3.05) is 11.9 Å². The summed E-state index contributed by atoms with van der Waals surface area (Å²) in [4.78, 5) is 16.1. The highest BCUT2D eigenvalue weighted by Gasteiger charge is 2.20. The summed E-state index contributed by atoms with van der Waals surface area (Å²) in [6.07, 6.45) is 8.68. The third-order valence-electron chi connectivity index (χ3n) is 4.01. The first-order chi connectivity index (χ1) is 11.3. The van der Waals surface area contributed by atoms with Crippen molar-refractivity contribution in [2.45, 2.75) is 44.4 Å². The average Bonchev–Trinajstić information content (AvgIpc) is 3.05. The molecule has 0 aliphatic heterocycles. The first kappa shape index (κ1) is 15.9. The molecule has 1 saturated carbocycles. The van der Waals surface area contributed by atoms with E-state index in [4.69, 9.17) is 0 Å². The number of aromatic nitrogens is 3. The highest BCUT2D eigenvalue weighted by molar-refractivity contribution is 7.15. The third-order valence-corrected chi connectivity index (χ3v) is 5.01. The Labute approximate surface area is 139 Å². The molecule has 3 rings (SSSR count). The number of nitrogens with one attached hydrogen (secondary N) is 2. The second kappa shape index (κ2) is 8.01. The lowest BCUT2D eigenvalue weighted by molar-refractivity contribution is 0.252. The van der Waals surface area contributed by atoms with E-state index in [0.29, 0.717) is 24.0 Å². The fourth-order valence-corrected chi connectivity index (χ4v) is 3.70. The molecule has 0 unspecified atom stereocenters. The van der Waals surface area contributed by atoms with Crippen molar-refractivity contribution in [1.29, 1.82) is 0 Å². The van der Waals surface area contributed by atoms with Crippen molar-refractivity contribution >= 4 is 22.5 Å². The summed E-state index contributed by atoms with van der Waals surface area (Å²) in [5, 5.41) is 15.5. The molecule has 122 valence electrons. The summed E-state index contributed by atoms with van der Waals surface area (Å²) in [5.41, 5.74) is 0.961. The predicted octanol–water partition coefficient (Wildman–Crippen LogP) is 3.35. The summed E-state index contributed by atoms with van der Waals surface area (Å²) in [6.45, 7) is 0.539. The van der Waals surface area contributed by atoms with Crippen molar-refractivity contribution in [3.63, 3.8) is 0 Å². The van der Waals surface area contributed by atoms with Crippen molar-refractivity contribution in [1.82, 2.24) is 20.5 Å². The van der Waals surface area contributed by atoms with Gasteiger partial charge in [-0.15, -0.1) is 10.2 Å². The van der Waals surface area contributed by atoms with Crippen LogP contribution >= 0.6 is 11.3 Å². The Hall–Kier alpha value is -2.02. The molecule has 2 aromatic rings. The van der Waals surface area contributed by atoms with Crippen LogP contribution < -0.4 is 10.6 Å². The smallest absolute Gasteiger partial charge is 0.321 e. The van der Waals surface area contributed by atoms with Crippen molar-refractivity contribution < 1.29 is 4.79 Å². The fraction of sp³-hybridized carbons (Fsp3) is 0.500. The Kier molecular flexibility index (Phi) is 5.52. The molecule has 2 N–H and O–H groups in total. The standard InChI is InChI=1S/C16H21N5OS/c22-15(18-11-9-13-8-4-5-10-17-13)19-16-21-20-14(23-16)12-6-2-1-3-7-12/h4-5,8,10,12H,1-3,6-7,9,11H2,(H2,18,19,21,22). The molecule has 2 aromatic heterocycles. The number of carbonyl (C=O) groups excluding carboxylic acids is 1. The van der Waals surface area contributed by atoms with E-state index in [1.54, 1.807) is 6.20 Å². The molecule has 2 amide bonds. The van der Waals surface area contributed by atoms with Crippen LogP contribution in [0.1, 0.15) is 48.7 Å². The van der Waals surface area contributed by atoms with E-state index < -0.39 is 0 Å². The largest absolute Gasteiger partial charge is 0.337 e. The molecule has 7 heteroatoms. The zero-order valence-electron chi connectivity index (χ0n) is 13.0. The highest BCUT2D eigenvalue weighted by atomic mass is 32.1. The van der Waals surface area contributed by atoms with Gasteiger partial charge in [0.05, 0.1) is 0 Å². The average molecular weight is 331 g/mol. The molecule has 1 aliphatic carbocycles. The third kappa shape index (κ3) is 4.72. The minimum absolute atomic E-state index is 0.243. The first-order valence-electron chi connectivity index (χ1n) is 8.09. The van der Waals surface area contributed by atoms with Gasteiger partial charge in [-0.3, -0.25) is 10.3 Å². The number of anilines is 1. The molecule has 1 aliphatic rings. The molecule has 2 heterocycles. The molecule has 0 radical (unpaired) electrons. The Bertz CT molecular complexity index is 624. The second-order valence-electron chi connectivity index (χ2n) is 5.73. The van der Waals surface area contributed by atoms with Gasteiger partial charge in [0.1, 0.15) is 5.01 Å². The van der Waals surface area contributed by atoms with Crippen molar-refractivity contribution in [3.8, 4) is 0 Å². The van der Waals surface area contributed by atoms with Crippen LogP contribution in [-0.2, 0) is 6.42 Å². The number of hydrogen-bond donors (Lipinski definition) is 2. The number of rotatable bonds is 5. The van der Waals surface area contributed by atoms with Crippen LogP contribution in [0.15, 0.2) is 24.4 Å². The molecule has 1 fully saturated rings. The molecule has 0 bridgehead atoms. The van der Waals surface area contributed by atoms with E-state index in [0.717, 1.165) is 10.7 Å². The van der Waals surface area contributed by atoms with Gasteiger partial charge in [0, 0.05) is 30.8 Å². The van der Waals surface area contributed by atoms with Crippen LogP contribution in [0.25, 0.3) is 0 Å². The van der Waals surface area contributed by atoms with Gasteiger partial charge in [-0.1, -0.05) is 36.7 Å². The van der Waals surface area contributed by atoms with Crippen LogP contribution in [-0.4, -0.2) is 27.8 Å². The van der Waals surface area contributed by atoms with Gasteiger partial charge in [0.15, 0.2) is 0 Å². The van der Waals surface area contributed by atoms with Crippen LogP contribution in [0.2, 0.25) is 0 Å². The topological polar surface area (TPSA) is 79.8 Å². The predicted molar refractivity (Wildman–Crippen MR) is 90.7 cm³/mol. The van der Waals surface area contributed by atoms with Gasteiger partial charge in [0.2, 0.25) is 5.13 Å². The zero-order valence-corrected chi connectivity index (χ0v) is 13.8. The van der Waals surface area contributed by atoms with Gasteiger partial charge in [-0.05, 0) is 25.0 Å². The lowest BCUT2D eigenvalue weighted by Crippen LogP contribution is -2.30. The molecule has 0 atom stereocenters. The van der Waals surface area contributed by atoms with Crippen LogP contribution in [0.4, 0.5) is 9.93 Å². The molecule has 0 saturated heterocycles. The van der Waals surface area contributed by atoms with Crippen molar-refractivity contribution in [2.24, 2.45) is 0 Å². The minimum atomic E-state index is -0.243. The Morgan fingerprint density at radius 3 is 2.87 bits per heavy atom. The second-order valence-corrected chi connectivity index (χ2v) is 6.74. The Morgan fingerprint density at radius 1 is 1.22 bits per heavy atom. The molecular formula is C16H21N5OS. The van der Waals surface area contributed by atoms with E-state index in [-0.39, 0.29) is 6.03 Å². The van der Waals surface area contributed by atoms with Crippen LogP contribution in [0.5, 0.6) is 0 Å². The summed E-state index contributed by atoms with van der Waals surface area (Å²) in [5.74, 6) is 0.518. The number of hydrogen-bond acceptors (Lipinski definition) is 5. The number of pyridine rings is 1. The van der Waals surface area contributed by atoms with Crippen LogP contribution in [0, 0.1) is 0 Å². The van der Waals surface area contributed by atoms with Crippen molar-refractivity contribution in [3.05, 3.63) is 35.1 Å². The molecule has 0 spiro atoms. The fourth-order valence-electron chi connectivity index (χ4n) is 2.79. The molecule has 23 heavy (non-hydrogen) atoms. The lowest BCUT2D eigenvalue weighted by Gasteiger charge is -2.18. The van der Waals surface area contributed by atoms with E-state index in [9.17, 15) is 4.79 Å². The van der Waals surface area contributed by atoms with Gasteiger partial charge >= 0.3 is 6.03 Å². The monoisotopic (exact) mass is 331 g/mol. The quantitative estimate of drug-likeness (QED) is 0.880. The Balaban J connectivity index is 1.43. The van der Waals surface area contributed by atoms with Crippen LogP contribution in [0.3, 0.4) is 0 Å². The highest BCUT2D eigenvalue weighted by Crippen LogP contribution is 2.35. The summed E-state index contributed by atoms with van der Waals surface area (Å²) >= 11 is 1.49. The van der Waals surface area contributed by atoms with Gasteiger partial charge < -0.3 is 5.32 Å². The van der Waals surface area contributed by atoms with E-state index in [1.165, 1.54) is 43.4 Å². The molecular weight excluding hydrogens is 310 g/mol. The number of amides is 2. The molecule has 0 aromatic carbocycles. The summed E-state index contributed by atoms with van der Waals surface area (Å²) in [6, 6.07) is 5.52. The van der Waals surface area contributed by atoms with Gasteiger partial charge in [-0.2, -0.15) is 0 Å². The zero-order chi connectivity index (χ0) is 15.9. The van der Waals surface area contributed by atoms with Gasteiger partial charge in [0.25, 0.3) is 0 Å². The van der Waals surface area contributed by atoms with E-state index in [1.807, 2.05) is 18.2 Å². The summed E-state index contributed by atoms with van der Waals surface area (Å²) < 4.78 is 0. The normalized spacial score (nSPS) is 15.3.